The number of aliphatic hydroxyl groups excluding tert-OH is 1. The molecule has 28 heavy (non-hydrogen) atoms. The Morgan fingerprint density at radius 3 is 2.18 bits per heavy atom. The van der Waals surface area contributed by atoms with E-state index in [0.717, 1.165) is 10.6 Å². The van der Waals surface area contributed by atoms with Crippen LogP contribution in [-0.4, -0.2) is 49.5 Å². The number of carboxylic acids is 2. The average molecular weight is 414 g/mol. The molecule has 0 aliphatic carbocycles. The first-order chi connectivity index (χ1) is 12.9. The summed E-state index contributed by atoms with van der Waals surface area (Å²) in [5.74, 6) is -3.14. The SMILES string of the molecule is CC(C)(NC(=O)O)c1csc(-c2ccc(F)cc2)n1.O=C(O)CC(O)C(=O)O. The molecule has 1 unspecified atom stereocenters. The lowest BCUT2D eigenvalue weighted by Gasteiger charge is -2.21. The zero-order valence-corrected chi connectivity index (χ0v) is 15.7. The summed E-state index contributed by atoms with van der Waals surface area (Å²) >= 11 is 1.40. The molecule has 0 aliphatic rings. The molecule has 1 atom stereocenters. The summed E-state index contributed by atoms with van der Waals surface area (Å²) in [5.41, 5.74) is 0.684. The van der Waals surface area contributed by atoms with Gasteiger partial charge in [0.1, 0.15) is 10.8 Å². The van der Waals surface area contributed by atoms with Crippen LogP contribution < -0.4 is 5.32 Å². The van der Waals surface area contributed by atoms with Crippen LogP contribution in [0.4, 0.5) is 9.18 Å². The second-order valence-electron chi connectivity index (χ2n) is 6.05. The van der Waals surface area contributed by atoms with Gasteiger partial charge in [-0.05, 0) is 38.1 Å². The zero-order chi connectivity index (χ0) is 21.5. The molecule has 0 spiro atoms. The van der Waals surface area contributed by atoms with E-state index in [2.05, 4.69) is 10.3 Å². The maximum atomic E-state index is 12.8. The molecule has 0 radical (unpaired) electrons. The number of hydrogen-bond acceptors (Lipinski definition) is 6. The van der Waals surface area contributed by atoms with Gasteiger partial charge in [0.25, 0.3) is 0 Å². The quantitative estimate of drug-likeness (QED) is 0.482. The van der Waals surface area contributed by atoms with Crippen LogP contribution in [0.2, 0.25) is 0 Å². The number of aromatic nitrogens is 1. The third kappa shape index (κ3) is 7.29. The molecule has 0 saturated heterocycles. The zero-order valence-electron chi connectivity index (χ0n) is 14.9. The highest BCUT2D eigenvalue weighted by Gasteiger charge is 2.25. The van der Waals surface area contributed by atoms with E-state index in [1.807, 2.05) is 0 Å². The summed E-state index contributed by atoms with van der Waals surface area (Å²) in [6.07, 6.45) is -3.64. The minimum absolute atomic E-state index is 0.298. The molecule has 2 rings (SSSR count). The van der Waals surface area contributed by atoms with Gasteiger partial charge in [0.15, 0.2) is 6.10 Å². The van der Waals surface area contributed by atoms with Gasteiger partial charge in [-0.15, -0.1) is 11.3 Å². The average Bonchev–Trinajstić information content (AvgIpc) is 3.05. The van der Waals surface area contributed by atoms with Crippen molar-refractivity contribution in [2.24, 2.45) is 0 Å². The predicted octanol–water partition coefficient (Wildman–Crippen LogP) is 2.36. The molecule has 1 amide bonds. The fourth-order valence-corrected chi connectivity index (χ4v) is 2.86. The van der Waals surface area contributed by atoms with E-state index in [4.69, 9.17) is 20.4 Å². The van der Waals surface area contributed by atoms with Crippen molar-refractivity contribution in [2.45, 2.75) is 31.9 Å². The third-order valence-corrected chi connectivity index (χ3v) is 4.20. The van der Waals surface area contributed by atoms with E-state index in [0.29, 0.717) is 5.69 Å². The van der Waals surface area contributed by atoms with Crippen molar-refractivity contribution < 1.29 is 39.2 Å². The topological polar surface area (TPSA) is 157 Å². The normalized spacial score (nSPS) is 11.7. The Hall–Kier alpha value is -3.05. The van der Waals surface area contributed by atoms with Crippen molar-refractivity contribution in [1.29, 1.82) is 0 Å². The molecule has 9 nitrogen and oxygen atoms in total. The van der Waals surface area contributed by atoms with E-state index in [1.54, 1.807) is 31.4 Å². The number of amides is 1. The smallest absolute Gasteiger partial charge is 0.405 e. The summed E-state index contributed by atoms with van der Waals surface area (Å²) in [6.45, 7) is 3.48. The highest BCUT2D eigenvalue weighted by Crippen LogP contribution is 2.28. The van der Waals surface area contributed by atoms with E-state index in [9.17, 15) is 18.8 Å². The van der Waals surface area contributed by atoms with Crippen LogP contribution in [0.15, 0.2) is 29.6 Å². The summed E-state index contributed by atoms with van der Waals surface area (Å²) in [5, 5.41) is 37.9. The van der Waals surface area contributed by atoms with Crippen molar-refractivity contribution in [3.63, 3.8) is 0 Å². The molecule has 1 aromatic heterocycles. The number of carboxylic acid groups (broad SMARTS) is 3. The third-order valence-electron chi connectivity index (χ3n) is 3.31. The Morgan fingerprint density at radius 2 is 1.75 bits per heavy atom. The lowest BCUT2D eigenvalue weighted by molar-refractivity contribution is -0.152. The van der Waals surface area contributed by atoms with E-state index >= 15 is 0 Å². The number of carbonyl (C=O) groups is 3. The monoisotopic (exact) mass is 414 g/mol. The molecule has 0 saturated carbocycles. The second kappa shape index (κ2) is 9.76. The Kier molecular flexibility index (Phi) is 8.01. The Balaban J connectivity index is 0.000000370. The molecular formula is C17H19FN2O7S. The Bertz CT molecular complexity index is 836. The van der Waals surface area contributed by atoms with Crippen LogP contribution in [0.1, 0.15) is 26.0 Å². The second-order valence-corrected chi connectivity index (χ2v) is 6.91. The minimum atomic E-state index is -1.79. The molecule has 152 valence electrons. The van der Waals surface area contributed by atoms with E-state index in [1.165, 1.54) is 23.5 Å². The van der Waals surface area contributed by atoms with Crippen LogP contribution in [0.5, 0.6) is 0 Å². The molecule has 2 aromatic rings. The first-order valence-corrected chi connectivity index (χ1v) is 8.66. The van der Waals surface area contributed by atoms with Crippen LogP contribution in [0.3, 0.4) is 0 Å². The molecular weight excluding hydrogens is 395 g/mol. The number of hydrogen-bond donors (Lipinski definition) is 5. The molecule has 0 aliphatic heterocycles. The standard InChI is InChI=1S/C13H13FN2O2S.C4H6O5/c1-13(2,16-12(17)18)10-7-19-11(15-10)8-3-5-9(14)6-4-8;5-2(4(8)9)1-3(6)7/h3-7,16H,1-2H3,(H,17,18);2,5H,1H2,(H,6,7)(H,8,9). The number of rotatable bonds is 6. The highest BCUT2D eigenvalue weighted by molar-refractivity contribution is 7.13. The number of thiazole rings is 1. The number of nitrogens with one attached hydrogen (secondary N) is 1. The maximum Gasteiger partial charge on any atom is 0.405 e. The van der Waals surface area contributed by atoms with E-state index in [-0.39, 0.29) is 5.82 Å². The fraction of sp³-hybridized carbons (Fsp3) is 0.294. The van der Waals surface area contributed by atoms with E-state index < -0.39 is 36.1 Å². The number of nitrogens with zero attached hydrogens (tertiary/aromatic N) is 1. The van der Waals surface area contributed by atoms with Crippen molar-refractivity contribution in [3.8, 4) is 10.6 Å². The molecule has 11 heteroatoms. The van der Waals surface area contributed by atoms with Crippen LogP contribution in [0, 0.1) is 5.82 Å². The predicted molar refractivity (Wildman–Crippen MR) is 97.6 cm³/mol. The van der Waals surface area contributed by atoms with Gasteiger partial charge in [-0.2, -0.15) is 0 Å². The summed E-state index contributed by atoms with van der Waals surface area (Å²) in [4.78, 5) is 34.5. The summed E-state index contributed by atoms with van der Waals surface area (Å²) in [6, 6.07) is 6.04. The molecule has 0 fully saturated rings. The first kappa shape index (κ1) is 23.0. The largest absolute Gasteiger partial charge is 0.481 e. The van der Waals surface area contributed by atoms with Crippen molar-refractivity contribution in [3.05, 3.63) is 41.2 Å². The number of halogens is 1. The van der Waals surface area contributed by atoms with Gasteiger partial charge in [0, 0.05) is 10.9 Å². The fourth-order valence-electron chi connectivity index (χ4n) is 1.87. The summed E-state index contributed by atoms with van der Waals surface area (Å²) < 4.78 is 12.8. The lowest BCUT2D eigenvalue weighted by atomic mass is 10.0. The summed E-state index contributed by atoms with van der Waals surface area (Å²) in [7, 11) is 0. The first-order valence-electron chi connectivity index (χ1n) is 7.78. The Labute approximate surface area is 163 Å². The lowest BCUT2D eigenvalue weighted by Crippen LogP contribution is -2.40. The van der Waals surface area contributed by atoms with Gasteiger partial charge in [-0.1, -0.05) is 0 Å². The maximum absolute atomic E-state index is 12.8. The van der Waals surface area contributed by atoms with Crippen LogP contribution in [-0.2, 0) is 15.1 Å². The van der Waals surface area contributed by atoms with Gasteiger partial charge in [-0.25, -0.2) is 19.0 Å². The van der Waals surface area contributed by atoms with Crippen molar-refractivity contribution in [1.82, 2.24) is 10.3 Å². The Morgan fingerprint density at radius 1 is 1.18 bits per heavy atom. The highest BCUT2D eigenvalue weighted by atomic mass is 32.1. The van der Waals surface area contributed by atoms with Gasteiger partial charge in [0.05, 0.1) is 17.7 Å². The van der Waals surface area contributed by atoms with Gasteiger partial charge in [0.2, 0.25) is 0 Å². The molecule has 1 aromatic carbocycles. The van der Waals surface area contributed by atoms with Gasteiger partial charge in [-0.3, -0.25) is 4.79 Å². The minimum Gasteiger partial charge on any atom is -0.481 e. The van der Waals surface area contributed by atoms with Crippen LogP contribution in [0.25, 0.3) is 10.6 Å². The number of aliphatic hydroxyl groups is 1. The van der Waals surface area contributed by atoms with Crippen molar-refractivity contribution >= 4 is 29.4 Å². The van der Waals surface area contributed by atoms with Crippen molar-refractivity contribution in [2.75, 3.05) is 0 Å². The van der Waals surface area contributed by atoms with Crippen LogP contribution >= 0.6 is 11.3 Å². The van der Waals surface area contributed by atoms with Gasteiger partial charge < -0.3 is 25.7 Å². The number of benzene rings is 1. The number of aliphatic carboxylic acids is 2. The molecule has 5 N–H and O–H groups in total. The van der Waals surface area contributed by atoms with Gasteiger partial charge >= 0.3 is 18.0 Å². The molecule has 1 heterocycles. The molecule has 0 bridgehead atoms.